The molecule has 1 amide bonds. The van der Waals surface area contributed by atoms with Crippen molar-refractivity contribution in [3.05, 3.63) is 82.3 Å². The van der Waals surface area contributed by atoms with Gasteiger partial charge in [0.05, 0.1) is 73.2 Å². The number of aryl methyl sites for hydroxylation is 1. The van der Waals surface area contributed by atoms with Gasteiger partial charge in [-0.25, -0.2) is 27.5 Å². The van der Waals surface area contributed by atoms with Crippen molar-refractivity contribution in [2.75, 3.05) is 56.0 Å². The molecular weight excluding hydrogens is 841 g/mol. The van der Waals surface area contributed by atoms with Crippen molar-refractivity contribution in [3.63, 3.8) is 0 Å². The minimum Gasteiger partial charge on any atom is -0.478 e. The van der Waals surface area contributed by atoms with E-state index in [1.165, 1.54) is 37.6 Å². The fraction of sp³-hybridized carbons (Fsp3) is 0.242. The molecule has 23 heteroatoms. The molecule has 19 nitrogen and oxygen atoms in total. The Morgan fingerprint density at radius 3 is 2.46 bits per heavy atom. The SMILES string of the molecule is COc1nn(CCOCCOCCNS(=O)(=O)c2ccc(Nc3ncc(Br)c(Nc4cccc(F)c4C(N)=O)n3)cc2)cc1Nc1nc(Cl)nc2c1ncn2C. The Balaban J connectivity index is 0.909. The summed E-state index contributed by atoms with van der Waals surface area (Å²) in [7, 11) is -0.520. The largest absolute Gasteiger partial charge is 0.478 e. The average Bonchev–Trinajstić information content (AvgIpc) is 3.74. The van der Waals surface area contributed by atoms with E-state index in [1.54, 1.807) is 41.0 Å². The Bertz CT molecular complexity index is 2450. The van der Waals surface area contributed by atoms with Crippen molar-refractivity contribution in [2.24, 2.45) is 12.8 Å². The molecule has 56 heavy (non-hydrogen) atoms. The van der Waals surface area contributed by atoms with Crippen molar-refractivity contribution < 1.29 is 31.8 Å². The minimum absolute atomic E-state index is 0.0370. The molecule has 0 aliphatic rings. The molecule has 0 atom stereocenters. The Morgan fingerprint density at radius 1 is 0.964 bits per heavy atom. The van der Waals surface area contributed by atoms with Crippen molar-refractivity contribution in [3.8, 4) is 5.88 Å². The third-order valence-electron chi connectivity index (χ3n) is 7.76. The second-order valence-corrected chi connectivity index (χ2v) is 14.6. The highest BCUT2D eigenvalue weighted by Crippen LogP contribution is 2.30. The predicted octanol–water partition coefficient (Wildman–Crippen LogP) is 4.25. The van der Waals surface area contributed by atoms with Crippen molar-refractivity contribution in [1.82, 2.24) is 44.0 Å². The number of nitrogens with two attached hydrogens (primary N) is 1. The standard InChI is InChI=1S/C33H34BrClFN13O6S/c1-48-18-39-26-29(44-32(35)46-30(26)48)43-24-17-49(47-31(24)53-2)11-13-55-15-14-54-12-10-40-56(51,52)20-8-6-19(7-9-20)41-33-38-16-21(34)28(45-33)42-23-5-3-4-22(36)25(23)27(37)50/h3-9,16-18,40H,10-15H2,1-2H3,(H2,37,50)(H,43,44,46)(H2,38,41,42,45). The molecule has 0 radical (unpaired) electrons. The van der Waals surface area contributed by atoms with Crippen LogP contribution in [0.3, 0.4) is 0 Å². The van der Waals surface area contributed by atoms with Crippen molar-refractivity contribution >= 4 is 89.3 Å². The summed E-state index contributed by atoms with van der Waals surface area (Å²) < 4.78 is 62.8. The molecule has 0 fully saturated rings. The molecule has 0 spiro atoms. The Labute approximate surface area is 332 Å². The summed E-state index contributed by atoms with van der Waals surface area (Å²) in [6.07, 6.45) is 4.81. The third kappa shape index (κ3) is 9.82. The van der Waals surface area contributed by atoms with E-state index in [-0.39, 0.29) is 59.6 Å². The van der Waals surface area contributed by atoms with Gasteiger partial charge in [-0.3, -0.25) is 9.48 Å². The van der Waals surface area contributed by atoms with E-state index in [9.17, 15) is 17.6 Å². The van der Waals surface area contributed by atoms with Crippen molar-refractivity contribution in [1.29, 1.82) is 0 Å². The Morgan fingerprint density at radius 2 is 1.71 bits per heavy atom. The summed E-state index contributed by atoms with van der Waals surface area (Å²) in [5, 5.41) is 13.5. The van der Waals surface area contributed by atoms with E-state index in [2.05, 4.69) is 66.6 Å². The Kier molecular flexibility index (Phi) is 12.9. The first-order chi connectivity index (χ1) is 26.9. The lowest BCUT2D eigenvalue weighted by molar-refractivity contribution is 0.0460. The molecule has 0 saturated carbocycles. The number of hydrogen-bond donors (Lipinski definition) is 5. The number of ether oxygens (including phenoxy) is 3. The van der Waals surface area contributed by atoms with E-state index in [0.29, 0.717) is 51.9 Å². The van der Waals surface area contributed by atoms with Gasteiger partial charge in [-0.05, 0) is 63.9 Å². The summed E-state index contributed by atoms with van der Waals surface area (Å²) in [6, 6.07) is 9.96. The fourth-order valence-electron chi connectivity index (χ4n) is 5.13. The predicted molar refractivity (Wildman–Crippen MR) is 208 cm³/mol. The number of anilines is 6. The number of halogens is 3. The van der Waals surface area contributed by atoms with Gasteiger partial charge in [-0.1, -0.05) is 6.07 Å². The normalized spacial score (nSPS) is 11.5. The number of carbonyl (C=O) groups excluding carboxylic acids is 1. The maximum absolute atomic E-state index is 14.2. The number of imidazole rings is 1. The van der Waals surface area contributed by atoms with Crippen LogP contribution in [0.2, 0.25) is 5.28 Å². The topological polar surface area (TPSA) is 240 Å². The van der Waals surface area contributed by atoms with Crippen LogP contribution in [-0.2, 0) is 33.1 Å². The van der Waals surface area contributed by atoms with Gasteiger partial charge in [0.2, 0.25) is 21.3 Å². The second kappa shape index (κ2) is 18.0. The first-order valence-electron chi connectivity index (χ1n) is 16.5. The summed E-state index contributed by atoms with van der Waals surface area (Å²) in [6.45, 7) is 1.43. The van der Waals surface area contributed by atoms with Crippen LogP contribution in [0.25, 0.3) is 11.2 Å². The molecule has 4 aromatic heterocycles. The lowest BCUT2D eigenvalue weighted by Gasteiger charge is -2.13. The molecule has 0 bridgehead atoms. The number of nitrogens with zero attached hydrogens (tertiary/aromatic N) is 8. The van der Waals surface area contributed by atoms with Crippen molar-refractivity contribution in [2.45, 2.75) is 11.4 Å². The molecule has 294 valence electrons. The molecule has 0 unspecified atom stereocenters. The monoisotopic (exact) mass is 873 g/mol. The number of rotatable bonds is 19. The summed E-state index contributed by atoms with van der Waals surface area (Å²) in [5.41, 5.74) is 7.30. The second-order valence-electron chi connectivity index (χ2n) is 11.6. The maximum atomic E-state index is 14.2. The van der Waals surface area contributed by atoms with Crippen LogP contribution < -0.4 is 31.1 Å². The molecular formula is C33H34BrClFN13O6S. The number of hydrogen-bond acceptors (Lipinski definition) is 15. The number of primary amides is 1. The zero-order chi connectivity index (χ0) is 39.8. The van der Waals surface area contributed by atoms with Crippen LogP contribution in [0.15, 0.2) is 70.6 Å². The molecule has 0 saturated heterocycles. The van der Waals surface area contributed by atoms with Gasteiger partial charge in [-0.2, -0.15) is 15.0 Å². The van der Waals surface area contributed by atoms with E-state index in [0.717, 1.165) is 6.07 Å². The summed E-state index contributed by atoms with van der Waals surface area (Å²) in [5.74, 6) is -0.606. The number of nitrogens with one attached hydrogen (secondary N) is 4. The molecule has 0 aliphatic carbocycles. The van der Waals surface area contributed by atoms with Crippen LogP contribution in [0.4, 0.5) is 39.0 Å². The summed E-state index contributed by atoms with van der Waals surface area (Å²) >= 11 is 9.43. The Hall–Kier alpha value is -5.52. The molecule has 0 aliphatic heterocycles. The van der Waals surface area contributed by atoms with E-state index >= 15 is 0 Å². The molecule has 6 aromatic rings. The number of fused-ring (bicyclic) bond motifs is 1. The zero-order valence-electron chi connectivity index (χ0n) is 29.7. The highest BCUT2D eigenvalue weighted by atomic mass is 79.9. The van der Waals surface area contributed by atoms with E-state index in [1.807, 2.05) is 0 Å². The van der Waals surface area contributed by atoms with Gasteiger partial charge < -0.3 is 40.5 Å². The number of methoxy groups -OCH3 is 1. The van der Waals surface area contributed by atoms with Gasteiger partial charge in [0.15, 0.2) is 17.0 Å². The van der Waals surface area contributed by atoms with Crippen LogP contribution in [0, 0.1) is 5.82 Å². The lowest BCUT2D eigenvalue weighted by Crippen LogP contribution is -2.27. The van der Waals surface area contributed by atoms with E-state index in [4.69, 9.17) is 31.5 Å². The fourth-order valence-corrected chi connectivity index (χ4v) is 6.60. The number of amides is 1. The molecule has 6 N–H and O–H groups in total. The first-order valence-corrected chi connectivity index (χ1v) is 19.2. The smallest absolute Gasteiger partial charge is 0.256 e. The van der Waals surface area contributed by atoms with Gasteiger partial charge in [-0.15, -0.1) is 5.10 Å². The molecule has 6 rings (SSSR count). The molecule has 2 aromatic carbocycles. The van der Waals surface area contributed by atoms with Crippen LogP contribution in [0.5, 0.6) is 5.88 Å². The van der Waals surface area contributed by atoms with Crippen LogP contribution >= 0.6 is 27.5 Å². The van der Waals surface area contributed by atoms with Gasteiger partial charge in [0, 0.05) is 25.5 Å². The summed E-state index contributed by atoms with van der Waals surface area (Å²) in [4.78, 5) is 33.2. The third-order valence-corrected chi connectivity index (χ3v) is 9.99. The van der Waals surface area contributed by atoms with E-state index < -0.39 is 21.7 Å². The number of aromatic nitrogens is 8. The average molecular weight is 875 g/mol. The lowest BCUT2D eigenvalue weighted by atomic mass is 10.1. The first kappa shape index (κ1) is 40.2. The minimum atomic E-state index is -3.83. The maximum Gasteiger partial charge on any atom is 0.256 e. The number of carbonyl (C=O) groups is 1. The van der Waals surface area contributed by atoms with Gasteiger partial charge in [0.25, 0.3) is 11.8 Å². The van der Waals surface area contributed by atoms with Crippen LogP contribution in [0.1, 0.15) is 10.4 Å². The highest BCUT2D eigenvalue weighted by molar-refractivity contribution is 9.10. The highest BCUT2D eigenvalue weighted by Gasteiger charge is 2.18. The quantitative estimate of drug-likeness (QED) is 0.0565. The van der Waals surface area contributed by atoms with Gasteiger partial charge in [0.1, 0.15) is 17.3 Å². The van der Waals surface area contributed by atoms with Gasteiger partial charge >= 0.3 is 0 Å². The molecule has 4 heterocycles. The zero-order valence-corrected chi connectivity index (χ0v) is 32.8. The van der Waals surface area contributed by atoms with Crippen LogP contribution in [-0.4, -0.2) is 93.7 Å². The number of benzene rings is 2. The number of sulfonamides is 1.